The third-order valence-electron chi connectivity index (χ3n) is 13.0. The predicted octanol–water partition coefficient (Wildman–Crippen LogP) is 5.21. The van der Waals surface area contributed by atoms with Crippen LogP contribution in [0.4, 0.5) is 20.2 Å². The van der Waals surface area contributed by atoms with Gasteiger partial charge in [-0.1, -0.05) is 0 Å². The quantitative estimate of drug-likeness (QED) is 0.177. The highest BCUT2D eigenvalue weighted by atomic mass is 19.1. The molecule has 3 aromatic heterocycles. The van der Waals surface area contributed by atoms with E-state index in [4.69, 9.17) is 5.10 Å². The van der Waals surface area contributed by atoms with Crippen LogP contribution in [0.5, 0.6) is 0 Å². The number of hydrogen-bond acceptors (Lipinski definition) is 10. The summed E-state index contributed by atoms with van der Waals surface area (Å²) >= 11 is 0. The van der Waals surface area contributed by atoms with E-state index in [0.29, 0.717) is 58.9 Å². The lowest BCUT2D eigenvalue weighted by Gasteiger charge is -2.52. The first kappa shape index (κ1) is 39.7. The van der Waals surface area contributed by atoms with Crippen LogP contribution in [0.1, 0.15) is 98.4 Å². The predicted molar refractivity (Wildman–Crippen MR) is 219 cm³/mol. The van der Waals surface area contributed by atoms with Crippen molar-refractivity contribution < 1.29 is 28.3 Å². The van der Waals surface area contributed by atoms with E-state index < -0.39 is 40.9 Å². The number of nitrogens with zero attached hydrogens (tertiary/aromatic N) is 8. The highest BCUT2D eigenvalue weighted by Crippen LogP contribution is 2.38. The Morgan fingerprint density at radius 1 is 0.967 bits per heavy atom. The molecule has 1 saturated carbocycles. The number of aromatic nitrogens is 4. The maximum absolute atomic E-state index is 15.2. The molecule has 312 valence electrons. The molecule has 60 heavy (non-hydrogen) atoms. The molecule has 3 N–H and O–H groups in total. The van der Waals surface area contributed by atoms with E-state index in [1.54, 1.807) is 32.0 Å². The Morgan fingerprint density at radius 3 is 2.38 bits per heavy atom. The van der Waals surface area contributed by atoms with E-state index in [1.807, 2.05) is 27.9 Å². The molecule has 2 atom stereocenters. The van der Waals surface area contributed by atoms with Crippen LogP contribution in [0.25, 0.3) is 16.4 Å². The summed E-state index contributed by atoms with van der Waals surface area (Å²) in [4.78, 5) is 44.5. The molecular formula is C44H48F2N10O4. The first-order chi connectivity index (χ1) is 28.7. The molecule has 1 aliphatic carbocycles. The minimum atomic E-state index is -1.26. The molecule has 3 saturated heterocycles. The van der Waals surface area contributed by atoms with Crippen molar-refractivity contribution >= 4 is 45.5 Å². The maximum Gasteiger partial charge on any atom is 0.274 e. The van der Waals surface area contributed by atoms with Crippen LogP contribution in [0.15, 0.2) is 54.9 Å². The average Bonchev–Trinajstić information content (AvgIpc) is 3.81. The number of halogens is 2. The van der Waals surface area contributed by atoms with Gasteiger partial charge in [-0.2, -0.15) is 15.5 Å². The van der Waals surface area contributed by atoms with Gasteiger partial charge in [0, 0.05) is 91.4 Å². The summed E-state index contributed by atoms with van der Waals surface area (Å²) in [6, 6.07) is 14.8. The SMILES string of the molecule is C[C@H]1CN(C2CN(c3cc(F)c([C@H]4CCC(=O)NC4=O)c(F)c3)C2)CCN1C1CCC(n2cc3cc(NC(=O)c4ccc5cc(C#N)cnn45)c(C(C)(C)O)cc3n2)CC1. The number of benzene rings is 2. The number of imide groups is 1. The zero-order chi connectivity index (χ0) is 42.0. The van der Waals surface area contributed by atoms with Crippen LogP contribution < -0.4 is 15.5 Å². The molecule has 3 aliphatic heterocycles. The monoisotopic (exact) mass is 818 g/mol. The highest BCUT2D eigenvalue weighted by molar-refractivity contribution is 6.05. The summed E-state index contributed by atoms with van der Waals surface area (Å²) < 4.78 is 33.9. The van der Waals surface area contributed by atoms with E-state index in [-0.39, 0.29) is 30.5 Å². The number of fused-ring (bicyclic) bond motifs is 2. The summed E-state index contributed by atoms with van der Waals surface area (Å²) in [6.07, 6.45) is 7.62. The molecular weight excluding hydrogens is 771 g/mol. The van der Waals surface area contributed by atoms with Gasteiger partial charge in [0.25, 0.3) is 5.91 Å². The maximum atomic E-state index is 15.2. The Morgan fingerprint density at radius 2 is 1.70 bits per heavy atom. The summed E-state index contributed by atoms with van der Waals surface area (Å²) in [5.74, 6) is -3.99. The lowest BCUT2D eigenvalue weighted by atomic mass is 9.88. The van der Waals surface area contributed by atoms with Crippen LogP contribution in [0.3, 0.4) is 0 Å². The lowest BCUT2D eigenvalue weighted by molar-refractivity contribution is -0.134. The molecule has 3 amide bonds. The number of nitriles is 1. The fourth-order valence-corrected chi connectivity index (χ4v) is 9.79. The summed E-state index contributed by atoms with van der Waals surface area (Å²) in [6.45, 7) is 9.78. The fourth-order valence-electron chi connectivity index (χ4n) is 9.79. The smallest absolute Gasteiger partial charge is 0.274 e. The minimum Gasteiger partial charge on any atom is -0.386 e. The van der Waals surface area contributed by atoms with Gasteiger partial charge in [-0.25, -0.2) is 13.3 Å². The minimum absolute atomic E-state index is 0.0555. The number of carbonyl (C=O) groups excluding carboxylic acids is 3. The number of carbonyl (C=O) groups is 3. The summed E-state index contributed by atoms with van der Waals surface area (Å²) in [5.41, 5.74) is 2.04. The third kappa shape index (κ3) is 7.39. The number of piperidine rings is 1. The van der Waals surface area contributed by atoms with Crippen molar-refractivity contribution in [3.05, 3.63) is 88.9 Å². The second-order valence-electron chi connectivity index (χ2n) is 17.4. The fraction of sp³-hybridized carbons (Fsp3) is 0.455. The first-order valence-corrected chi connectivity index (χ1v) is 20.8. The molecule has 0 bridgehead atoms. The van der Waals surface area contributed by atoms with Crippen LogP contribution in [-0.4, -0.2) is 103 Å². The number of rotatable bonds is 8. The van der Waals surface area contributed by atoms with Gasteiger partial charge in [0.2, 0.25) is 11.8 Å². The Labute approximate surface area is 345 Å². The lowest BCUT2D eigenvalue weighted by Crippen LogP contribution is -2.65. The van der Waals surface area contributed by atoms with Gasteiger partial charge in [-0.05, 0) is 95.3 Å². The van der Waals surface area contributed by atoms with E-state index in [1.165, 1.54) is 22.8 Å². The Hall–Kier alpha value is -5.76. The first-order valence-electron chi connectivity index (χ1n) is 20.8. The van der Waals surface area contributed by atoms with Crippen molar-refractivity contribution in [3.8, 4) is 6.07 Å². The normalized spacial score (nSPS) is 23.4. The molecule has 4 aliphatic rings. The van der Waals surface area contributed by atoms with Crippen LogP contribution in [0, 0.1) is 23.0 Å². The Kier molecular flexibility index (Phi) is 10.2. The van der Waals surface area contributed by atoms with Crippen molar-refractivity contribution in [2.75, 3.05) is 42.9 Å². The second kappa shape index (κ2) is 15.4. The van der Waals surface area contributed by atoms with Crippen LogP contribution in [-0.2, 0) is 15.2 Å². The van der Waals surface area contributed by atoms with Crippen molar-refractivity contribution in [1.82, 2.24) is 34.5 Å². The van der Waals surface area contributed by atoms with Crippen LogP contribution in [0.2, 0.25) is 0 Å². The summed E-state index contributed by atoms with van der Waals surface area (Å²) in [7, 11) is 0. The Bertz CT molecular complexity index is 2540. The number of piperazine rings is 1. The standard InChI is InChI=1S/C44H48F2N10O4/c1-25-21-52(32-23-53(24-32)31-16-35(45)41(36(46)17-31)33-9-11-40(57)50-42(33)58)12-13-54(25)28-4-6-29(7-5-28)55-22-27-15-38(34(44(2,3)60)18-37(27)51-55)49-43(59)39-10-8-30-14-26(19-47)20-48-56(30)39/h8,10,14-18,20,22,25,28-29,32-33,60H,4-7,9,11-13,21,23-24H2,1-3H3,(H,49,59)(H,50,57,58)/t25-,28?,29?,33+/m0/s1. The van der Waals surface area contributed by atoms with Gasteiger partial charge in [0.1, 0.15) is 23.4 Å². The van der Waals surface area contributed by atoms with Crippen molar-refractivity contribution in [3.63, 3.8) is 0 Å². The van der Waals surface area contributed by atoms with Gasteiger partial charge in [0.15, 0.2) is 0 Å². The zero-order valence-electron chi connectivity index (χ0n) is 33.9. The Balaban J connectivity index is 0.801. The highest BCUT2D eigenvalue weighted by Gasteiger charge is 2.40. The zero-order valence-corrected chi connectivity index (χ0v) is 33.9. The van der Waals surface area contributed by atoms with Gasteiger partial charge in [-0.15, -0.1) is 0 Å². The number of anilines is 2. The van der Waals surface area contributed by atoms with E-state index >= 15 is 8.78 Å². The molecule has 0 radical (unpaired) electrons. The molecule has 5 aromatic rings. The van der Waals surface area contributed by atoms with E-state index in [9.17, 15) is 24.8 Å². The molecule has 6 heterocycles. The van der Waals surface area contributed by atoms with Gasteiger partial charge < -0.3 is 15.3 Å². The van der Waals surface area contributed by atoms with Crippen molar-refractivity contribution in [2.24, 2.45) is 0 Å². The molecule has 0 spiro atoms. The largest absolute Gasteiger partial charge is 0.386 e. The summed E-state index contributed by atoms with van der Waals surface area (Å²) in [5, 5.41) is 35.6. The molecule has 0 unspecified atom stereocenters. The van der Waals surface area contributed by atoms with Gasteiger partial charge in [0.05, 0.1) is 40.4 Å². The third-order valence-corrected chi connectivity index (χ3v) is 13.0. The average molecular weight is 819 g/mol. The number of amides is 3. The molecule has 16 heteroatoms. The van der Waals surface area contributed by atoms with Crippen LogP contribution >= 0.6 is 0 Å². The van der Waals surface area contributed by atoms with Crippen molar-refractivity contribution in [1.29, 1.82) is 5.26 Å². The number of aliphatic hydroxyl groups is 1. The van der Waals surface area contributed by atoms with E-state index in [0.717, 1.165) is 56.2 Å². The topological polar surface area (TPSA) is 164 Å². The van der Waals surface area contributed by atoms with Gasteiger partial charge >= 0.3 is 0 Å². The van der Waals surface area contributed by atoms with Gasteiger partial charge in [-0.3, -0.25) is 34.2 Å². The molecule has 4 fully saturated rings. The van der Waals surface area contributed by atoms with E-state index in [2.05, 4.69) is 38.5 Å². The van der Waals surface area contributed by atoms with Crippen molar-refractivity contribution in [2.45, 2.75) is 95.0 Å². The number of hydrogen-bond donors (Lipinski definition) is 3. The molecule has 14 nitrogen and oxygen atoms in total. The number of nitrogens with one attached hydrogen (secondary N) is 2. The molecule has 2 aromatic carbocycles. The second-order valence-corrected chi connectivity index (χ2v) is 17.4. The molecule has 9 rings (SSSR count).